The molecule has 168 valence electrons. The van der Waals surface area contributed by atoms with E-state index >= 15 is 0 Å². The normalized spacial score (nSPS) is 11.0. The fourth-order valence-electron chi connectivity index (χ4n) is 3.72. The van der Waals surface area contributed by atoms with Gasteiger partial charge < -0.3 is 0 Å². The molecule has 0 saturated heterocycles. The van der Waals surface area contributed by atoms with Gasteiger partial charge in [-0.25, -0.2) is 9.97 Å². The van der Waals surface area contributed by atoms with Gasteiger partial charge in [0, 0.05) is 46.4 Å². The summed E-state index contributed by atoms with van der Waals surface area (Å²) in [6.07, 6.45) is 8.93. The predicted molar refractivity (Wildman–Crippen MR) is 135 cm³/mol. The van der Waals surface area contributed by atoms with Crippen LogP contribution in [0.2, 0.25) is 0 Å². The predicted octanol–water partition coefficient (Wildman–Crippen LogP) is 4.75. The molecule has 7 aromatic rings. The van der Waals surface area contributed by atoms with E-state index in [9.17, 15) is 0 Å². The number of aromatic nitrogens is 10. The van der Waals surface area contributed by atoms with Gasteiger partial charge in [0.05, 0.1) is 5.52 Å². The van der Waals surface area contributed by atoms with E-state index in [0.717, 1.165) is 48.7 Å². The number of pyridine rings is 4. The third-order valence-electron chi connectivity index (χ3n) is 5.38. The molecule has 7 rings (SSSR count). The van der Waals surface area contributed by atoms with Gasteiger partial charge in [-0.1, -0.05) is 6.07 Å². The molecule has 0 saturated carbocycles. The summed E-state index contributed by atoms with van der Waals surface area (Å²) in [4.78, 5) is 16.9. The minimum absolute atomic E-state index is 0.615. The fourth-order valence-corrected chi connectivity index (χ4v) is 4.04. The van der Waals surface area contributed by atoms with Gasteiger partial charge in [-0.05, 0) is 75.1 Å². The van der Waals surface area contributed by atoms with Crippen LogP contribution in [0.1, 0.15) is 0 Å². The highest BCUT2D eigenvalue weighted by atomic mass is 79.9. The Morgan fingerprint density at radius 3 is 2.11 bits per heavy atom. The van der Waals surface area contributed by atoms with E-state index in [1.807, 2.05) is 48.8 Å². The van der Waals surface area contributed by atoms with Crippen molar-refractivity contribution in [1.29, 1.82) is 0 Å². The van der Waals surface area contributed by atoms with Crippen molar-refractivity contribution in [3.8, 4) is 22.3 Å². The number of nitrogens with one attached hydrogen (secondary N) is 2. The number of H-pyrrole nitrogens is 2. The maximum atomic E-state index is 4.49. The summed E-state index contributed by atoms with van der Waals surface area (Å²) in [6.45, 7) is 0. The highest BCUT2D eigenvalue weighted by Gasteiger charge is 2.08. The molecule has 0 aliphatic heterocycles. The summed E-state index contributed by atoms with van der Waals surface area (Å²) in [6, 6.07) is 16.1. The first kappa shape index (κ1) is 20.9. The molecule has 2 N–H and O–H groups in total. The Bertz CT molecular complexity index is 1780. The molecule has 0 atom stereocenters. The molecule has 0 spiro atoms. The Labute approximate surface area is 206 Å². The van der Waals surface area contributed by atoms with Gasteiger partial charge in [0.1, 0.15) is 11.0 Å². The molecule has 0 radical (unpaired) electrons. The first-order chi connectivity index (χ1) is 17.2. The van der Waals surface area contributed by atoms with Crippen molar-refractivity contribution >= 4 is 49.2 Å². The lowest BCUT2D eigenvalue weighted by molar-refractivity contribution is 0.954. The summed E-state index contributed by atoms with van der Waals surface area (Å²) >= 11 is 3.27. The van der Waals surface area contributed by atoms with Crippen LogP contribution in [0.5, 0.6) is 0 Å². The van der Waals surface area contributed by atoms with E-state index in [4.69, 9.17) is 0 Å². The second-order valence-electron chi connectivity index (χ2n) is 7.54. The average molecular weight is 523 g/mol. The minimum atomic E-state index is 0.615. The molecule has 11 heteroatoms. The number of aromatic amines is 2. The first-order valence-electron chi connectivity index (χ1n) is 10.5. The van der Waals surface area contributed by atoms with E-state index in [1.165, 1.54) is 0 Å². The highest BCUT2D eigenvalue weighted by Crippen LogP contribution is 2.31. The number of hydrogen-bond donors (Lipinski definition) is 2. The number of halogens is 1. The summed E-state index contributed by atoms with van der Waals surface area (Å²) in [7, 11) is 0. The van der Waals surface area contributed by atoms with Gasteiger partial charge in [0.25, 0.3) is 0 Å². The Morgan fingerprint density at radius 1 is 0.571 bits per heavy atom. The lowest BCUT2D eigenvalue weighted by Crippen LogP contribution is -1.87. The number of rotatable bonds is 2. The van der Waals surface area contributed by atoms with Gasteiger partial charge in [0.15, 0.2) is 0 Å². The standard InChI is InChI=1S/C19H12N6.C5H3BrN4/c1-2-17-16(15(5-8-21-17)12-3-6-20-7-4-12)9-13(1)14-10-18-19(22-11-14)24-25-23-18;6-3-1-4-5(7-2-3)9-10-8-4/h1-11H,(H,22,23,24,25);1-2H,(H,7,8,9,10). The largest absolute Gasteiger partial charge is 0.265 e. The van der Waals surface area contributed by atoms with Crippen molar-refractivity contribution < 1.29 is 0 Å². The van der Waals surface area contributed by atoms with Crippen LogP contribution >= 0.6 is 15.9 Å². The van der Waals surface area contributed by atoms with Crippen LogP contribution in [-0.4, -0.2) is 50.8 Å². The van der Waals surface area contributed by atoms with E-state index in [1.54, 1.807) is 18.6 Å². The third kappa shape index (κ3) is 4.20. The van der Waals surface area contributed by atoms with Crippen LogP contribution in [0, 0.1) is 0 Å². The Hall–Kier alpha value is -4.64. The fraction of sp³-hybridized carbons (Fsp3) is 0. The summed E-state index contributed by atoms with van der Waals surface area (Å²) in [5, 5.41) is 21.9. The second kappa shape index (κ2) is 8.95. The quantitative estimate of drug-likeness (QED) is 0.332. The molecular formula is C24H15BrN10. The molecule has 1 aromatic carbocycles. The lowest BCUT2D eigenvalue weighted by Gasteiger charge is -2.08. The van der Waals surface area contributed by atoms with E-state index in [2.05, 4.69) is 78.8 Å². The molecule has 6 heterocycles. The van der Waals surface area contributed by atoms with E-state index < -0.39 is 0 Å². The minimum Gasteiger partial charge on any atom is -0.265 e. The van der Waals surface area contributed by atoms with Gasteiger partial charge >= 0.3 is 0 Å². The van der Waals surface area contributed by atoms with Crippen LogP contribution in [0.15, 0.2) is 84.0 Å². The molecule has 0 aliphatic carbocycles. The second-order valence-corrected chi connectivity index (χ2v) is 8.45. The van der Waals surface area contributed by atoms with Crippen molar-refractivity contribution in [2.75, 3.05) is 0 Å². The first-order valence-corrected chi connectivity index (χ1v) is 11.3. The van der Waals surface area contributed by atoms with Crippen LogP contribution in [0.25, 0.3) is 55.5 Å². The van der Waals surface area contributed by atoms with E-state index in [-0.39, 0.29) is 0 Å². The Balaban J connectivity index is 0.000000191. The lowest BCUT2D eigenvalue weighted by atomic mass is 9.98. The molecule has 0 fully saturated rings. The van der Waals surface area contributed by atoms with Crippen molar-refractivity contribution in [2.45, 2.75) is 0 Å². The SMILES string of the molecule is Brc1cnc2n[nH]nc2c1.c1cc(-c2ccnc3ccc(-c4cnc5n[nH]nc5c4)cc23)ccn1. The maximum Gasteiger partial charge on any atom is 0.201 e. The van der Waals surface area contributed by atoms with Crippen LogP contribution in [0.4, 0.5) is 0 Å². The molecule has 35 heavy (non-hydrogen) atoms. The molecule has 6 aromatic heterocycles. The molecule has 0 bridgehead atoms. The Kier molecular flexibility index (Phi) is 5.35. The zero-order valence-corrected chi connectivity index (χ0v) is 19.5. The van der Waals surface area contributed by atoms with Crippen molar-refractivity contribution in [3.63, 3.8) is 0 Å². The summed E-state index contributed by atoms with van der Waals surface area (Å²) in [5.41, 5.74) is 8.03. The van der Waals surface area contributed by atoms with Crippen molar-refractivity contribution in [1.82, 2.24) is 50.8 Å². The smallest absolute Gasteiger partial charge is 0.201 e. The van der Waals surface area contributed by atoms with Crippen molar-refractivity contribution in [2.24, 2.45) is 0 Å². The molecule has 0 aliphatic rings. The molecular weight excluding hydrogens is 508 g/mol. The van der Waals surface area contributed by atoms with Crippen LogP contribution in [0.3, 0.4) is 0 Å². The number of fused-ring (bicyclic) bond motifs is 3. The zero-order chi connectivity index (χ0) is 23.6. The summed E-state index contributed by atoms with van der Waals surface area (Å²) < 4.78 is 0.911. The summed E-state index contributed by atoms with van der Waals surface area (Å²) in [5.74, 6) is 0. The van der Waals surface area contributed by atoms with Crippen LogP contribution in [-0.2, 0) is 0 Å². The number of benzene rings is 1. The van der Waals surface area contributed by atoms with Gasteiger partial charge in [0.2, 0.25) is 11.3 Å². The van der Waals surface area contributed by atoms with Crippen molar-refractivity contribution in [3.05, 3.63) is 84.0 Å². The molecule has 0 unspecified atom stereocenters. The highest BCUT2D eigenvalue weighted by molar-refractivity contribution is 9.10. The molecule has 10 nitrogen and oxygen atoms in total. The monoisotopic (exact) mass is 522 g/mol. The maximum absolute atomic E-state index is 4.49. The number of hydrogen-bond acceptors (Lipinski definition) is 8. The zero-order valence-electron chi connectivity index (χ0n) is 18.0. The van der Waals surface area contributed by atoms with Gasteiger partial charge in [-0.2, -0.15) is 20.6 Å². The number of nitrogens with zero attached hydrogens (tertiary/aromatic N) is 8. The molecule has 0 amide bonds. The Morgan fingerprint density at radius 2 is 1.31 bits per heavy atom. The third-order valence-corrected chi connectivity index (χ3v) is 5.81. The topological polar surface area (TPSA) is 135 Å². The van der Waals surface area contributed by atoms with Gasteiger partial charge in [-0.15, -0.1) is 10.2 Å². The van der Waals surface area contributed by atoms with Crippen LogP contribution < -0.4 is 0 Å². The average Bonchev–Trinajstić information content (AvgIpc) is 3.57. The van der Waals surface area contributed by atoms with E-state index in [0.29, 0.717) is 11.3 Å². The van der Waals surface area contributed by atoms with Gasteiger partial charge in [-0.3, -0.25) is 9.97 Å².